The molecule has 3 aliphatic rings. The maximum Gasteiger partial charge on any atom is 0.254 e. The molecule has 0 spiro atoms. The molecule has 152 valence electrons. The van der Waals surface area contributed by atoms with Crippen molar-refractivity contribution in [2.45, 2.75) is 12.8 Å². The molecule has 1 saturated carbocycles. The van der Waals surface area contributed by atoms with Crippen LogP contribution in [-0.4, -0.2) is 69.8 Å². The molecule has 2 fully saturated rings. The van der Waals surface area contributed by atoms with Crippen LogP contribution in [0.2, 0.25) is 0 Å². The van der Waals surface area contributed by atoms with Crippen LogP contribution in [0.1, 0.15) is 23.2 Å². The van der Waals surface area contributed by atoms with Crippen LogP contribution in [0.4, 0.5) is 0 Å². The van der Waals surface area contributed by atoms with Gasteiger partial charge in [0.1, 0.15) is 0 Å². The highest BCUT2D eigenvalue weighted by molar-refractivity contribution is 5.95. The Balaban J connectivity index is 1.38. The zero-order valence-corrected chi connectivity index (χ0v) is 17.0. The lowest BCUT2D eigenvalue weighted by molar-refractivity contribution is 0.0609. The highest BCUT2D eigenvalue weighted by Gasteiger charge is 2.37. The van der Waals surface area contributed by atoms with E-state index in [0.717, 1.165) is 50.5 Å². The van der Waals surface area contributed by atoms with Crippen LogP contribution in [0.25, 0.3) is 0 Å². The number of ether oxygens (including phenoxy) is 3. The topological polar surface area (TPSA) is 51.2 Å². The molecule has 3 unspecified atom stereocenters. The number of carbonyl (C=O) groups excluding carboxylic acids is 1. The maximum absolute atomic E-state index is 13.0. The molecule has 0 radical (unpaired) electrons. The average molecular weight is 386 g/mol. The van der Waals surface area contributed by atoms with Crippen LogP contribution in [-0.2, 0) is 0 Å². The summed E-state index contributed by atoms with van der Waals surface area (Å²) in [6.07, 6.45) is 7.51. The summed E-state index contributed by atoms with van der Waals surface area (Å²) in [4.78, 5) is 17.5. The summed E-state index contributed by atoms with van der Waals surface area (Å²) in [6, 6.07) is 3.47. The van der Waals surface area contributed by atoms with Crippen LogP contribution in [0, 0.1) is 17.8 Å². The largest absolute Gasteiger partial charge is 0.493 e. The Morgan fingerprint density at radius 2 is 1.64 bits per heavy atom. The highest BCUT2D eigenvalue weighted by Crippen LogP contribution is 2.43. The lowest BCUT2D eigenvalue weighted by Gasteiger charge is -2.37. The molecule has 0 aromatic heterocycles. The van der Waals surface area contributed by atoms with E-state index in [1.165, 1.54) is 12.8 Å². The van der Waals surface area contributed by atoms with Gasteiger partial charge >= 0.3 is 0 Å². The number of rotatable bonds is 6. The Hall–Kier alpha value is -2.21. The zero-order valence-electron chi connectivity index (χ0n) is 17.0. The van der Waals surface area contributed by atoms with E-state index >= 15 is 0 Å². The number of fused-ring (bicyclic) bond motifs is 2. The number of methoxy groups -OCH3 is 3. The first-order valence-corrected chi connectivity index (χ1v) is 10.1. The van der Waals surface area contributed by atoms with Crippen LogP contribution < -0.4 is 14.2 Å². The molecule has 6 nitrogen and oxygen atoms in total. The van der Waals surface area contributed by atoms with Gasteiger partial charge in [-0.1, -0.05) is 12.2 Å². The number of hydrogen-bond donors (Lipinski definition) is 0. The van der Waals surface area contributed by atoms with E-state index in [2.05, 4.69) is 17.1 Å². The van der Waals surface area contributed by atoms with Gasteiger partial charge in [-0.2, -0.15) is 0 Å². The summed E-state index contributed by atoms with van der Waals surface area (Å²) in [6.45, 7) is 4.55. The van der Waals surface area contributed by atoms with E-state index < -0.39 is 0 Å². The summed E-state index contributed by atoms with van der Waals surface area (Å²) in [5.41, 5.74) is 0.571. The van der Waals surface area contributed by atoms with Crippen molar-refractivity contribution < 1.29 is 19.0 Å². The monoisotopic (exact) mass is 386 g/mol. The number of amides is 1. The summed E-state index contributed by atoms with van der Waals surface area (Å²) in [5, 5.41) is 0. The average Bonchev–Trinajstić information content (AvgIpc) is 3.36. The van der Waals surface area contributed by atoms with Gasteiger partial charge in [0.2, 0.25) is 5.75 Å². The molecule has 1 aromatic carbocycles. The van der Waals surface area contributed by atoms with Gasteiger partial charge in [0.05, 0.1) is 21.3 Å². The van der Waals surface area contributed by atoms with Crippen LogP contribution >= 0.6 is 0 Å². The predicted molar refractivity (Wildman–Crippen MR) is 107 cm³/mol. The van der Waals surface area contributed by atoms with Crippen LogP contribution in [0.15, 0.2) is 24.3 Å². The van der Waals surface area contributed by atoms with Crippen molar-refractivity contribution in [1.82, 2.24) is 9.80 Å². The van der Waals surface area contributed by atoms with E-state index in [9.17, 15) is 4.79 Å². The van der Waals surface area contributed by atoms with Gasteiger partial charge in [0.25, 0.3) is 5.91 Å². The van der Waals surface area contributed by atoms with Crippen molar-refractivity contribution >= 4 is 5.91 Å². The molecule has 1 saturated heterocycles. The molecule has 3 atom stereocenters. The smallest absolute Gasteiger partial charge is 0.254 e. The van der Waals surface area contributed by atoms with E-state index in [4.69, 9.17) is 14.2 Å². The van der Waals surface area contributed by atoms with Gasteiger partial charge < -0.3 is 19.1 Å². The molecule has 6 heteroatoms. The predicted octanol–water partition coefficient (Wildman–Crippen LogP) is 2.68. The molecule has 2 aliphatic carbocycles. The fourth-order valence-corrected chi connectivity index (χ4v) is 4.96. The molecule has 1 amide bonds. The maximum atomic E-state index is 13.0. The van der Waals surface area contributed by atoms with Gasteiger partial charge in [-0.05, 0) is 42.7 Å². The number of hydrogen-bond acceptors (Lipinski definition) is 5. The molecule has 28 heavy (non-hydrogen) atoms. The van der Waals surface area contributed by atoms with Crippen molar-refractivity contribution in [2.24, 2.45) is 17.8 Å². The second-order valence-corrected chi connectivity index (χ2v) is 8.05. The Labute approximate surface area is 167 Å². The normalized spacial score (nSPS) is 26.5. The fraction of sp³-hybridized carbons (Fsp3) is 0.591. The first kappa shape index (κ1) is 19.1. The first-order chi connectivity index (χ1) is 13.6. The molecular weight excluding hydrogens is 356 g/mol. The van der Waals surface area contributed by atoms with E-state index in [1.807, 2.05) is 4.90 Å². The number of allylic oxidation sites excluding steroid dienone is 2. The van der Waals surface area contributed by atoms with E-state index in [1.54, 1.807) is 33.5 Å². The minimum atomic E-state index is 0.0155. The first-order valence-electron chi connectivity index (χ1n) is 10.1. The summed E-state index contributed by atoms with van der Waals surface area (Å²) in [5.74, 6) is 3.93. The third-order valence-corrected chi connectivity index (χ3v) is 6.48. The second kappa shape index (κ2) is 8.03. The van der Waals surface area contributed by atoms with Crippen molar-refractivity contribution in [3.63, 3.8) is 0 Å². The molecule has 1 aliphatic heterocycles. The van der Waals surface area contributed by atoms with Crippen molar-refractivity contribution in [3.8, 4) is 17.2 Å². The molecule has 1 aromatic rings. The summed E-state index contributed by atoms with van der Waals surface area (Å²) >= 11 is 0. The van der Waals surface area contributed by atoms with E-state index in [0.29, 0.717) is 22.8 Å². The number of benzene rings is 1. The van der Waals surface area contributed by atoms with E-state index in [-0.39, 0.29) is 5.91 Å². The van der Waals surface area contributed by atoms with Gasteiger partial charge in [-0.3, -0.25) is 9.69 Å². The number of carbonyl (C=O) groups is 1. The Morgan fingerprint density at radius 3 is 2.14 bits per heavy atom. The fourth-order valence-electron chi connectivity index (χ4n) is 4.96. The van der Waals surface area contributed by atoms with Gasteiger partial charge in [-0.15, -0.1) is 0 Å². The molecule has 4 rings (SSSR count). The standard InChI is InChI=1S/C22H30N2O4/c1-26-19-12-17(13-20(27-2)21(19)28-3)22(25)24-8-6-23(7-9-24)14-18-11-15-4-5-16(18)10-15/h4-5,12-13,15-16,18H,6-11,14H2,1-3H3. The lowest BCUT2D eigenvalue weighted by Crippen LogP contribution is -2.50. The third-order valence-electron chi connectivity index (χ3n) is 6.48. The van der Waals surface area contributed by atoms with Crippen LogP contribution in [0.5, 0.6) is 17.2 Å². The van der Waals surface area contributed by atoms with Gasteiger partial charge in [0.15, 0.2) is 11.5 Å². The lowest BCUT2D eigenvalue weighted by atomic mass is 9.93. The highest BCUT2D eigenvalue weighted by atomic mass is 16.5. The quantitative estimate of drug-likeness (QED) is 0.704. The Morgan fingerprint density at radius 1 is 0.964 bits per heavy atom. The van der Waals surface area contributed by atoms with Crippen molar-refractivity contribution in [3.05, 3.63) is 29.8 Å². The van der Waals surface area contributed by atoms with Crippen LogP contribution in [0.3, 0.4) is 0 Å². The Kier molecular flexibility index (Phi) is 5.49. The van der Waals surface area contributed by atoms with Gasteiger partial charge in [0, 0.05) is 38.3 Å². The molecule has 1 heterocycles. The zero-order chi connectivity index (χ0) is 19.7. The number of nitrogens with zero attached hydrogens (tertiary/aromatic N) is 2. The minimum Gasteiger partial charge on any atom is -0.493 e. The molecule has 0 N–H and O–H groups in total. The summed E-state index contributed by atoms with van der Waals surface area (Å²) < 4.78 is 16.1. The second-order valence-electron chi connectivity index (χ2n) is 8.05. The molecule has 2 bridgehead atoms. The van der Waals surface area contributed by atoms with Gasteiger partial charge in [-0.25, -0.2) is 0 Å². The Bertz CT molecular complexity index is 730. The summed E-state index contributed by atoms with van der Waals surface area (Å²) in [7, 11) is 4.69. The van der Waals surface area contributed by atoms with Crippen molar-refractivity contribution in [2.75, 3.05) is 54.1 Å². The van der Waals surface area contributed by atoms with Crippen molar-refractivity contribution in [1.29, 1.82) is 0 Å². The number of piperazine rings is 1. The molecular formula is C22H30N2O4. The minimum absolute atomic E-state index is 0.0155. The SMILES string of the molecule is COc1cc(C(=O)N2CCN(CC3CC4C=CC3C4)CC2)cc(OC)c1OC. The third kappa shape index (κ3) is 3.58.